The summed E-state index contributed by atoms with van der Waals surface area (Å²) in [5.41, 5.74) is 3.23. The largest absolute Gasteiger partial charge is 0.462 e. The van der Waals surface area contributed by atoms with Gasteiger partial charge in [0.25, 0.3) is 0 Å². The molecule has 0 aliphatic carbocycles. The third kappa shape index (κ3) is 5.24. The van der Waals surface area contributed by atoms with Gasteiger partial charge in [0.2, 0.25) is 5.95 Å². The van der Waals surface area contributed by atoms with Crippen molar-refractivity contribution < 1.29 is 9.53 Å². The van der Waals surface area contributed by atoms with Gasteiger partial charge in [-0.3, -0.25) is 5.32 Å². The number of thiazole rings is 1. The quantitative estimate of drug-likeness (QED) is 0.296. The van der Waals surface area contributed by atoms with Gasteiger partial charge in [0.05, 0.1) is 23.7 Å². The molecule has 0 bridgehead atoms. The third-order valence-electron chi connectivity index (χ3n) is 4.46. The van der Waals surface area contributed by atoms with Gasteiger partial charge in [-0.15, -0.1) is 0 Å². The molecule has 3 N–H and O–H groups in total. The molecular formula is C22H21ClN6O2S. The number of ether oxygens (including phenoxy) is 1. The summed E-state index contributed by atoms with van der Waals surface area (Å²) in [5, 5.41) is 7.64. The van der Waals surface area contributed by atoms with E-state index in [0.29, 0.717) is 51.3 Å². The topological polar surface area (TPSA) is 105 Å². The average Bonchev–Trinajstić information content (AvgIpc) is 3.43. The number of nitrogens with zero attached hydrogens (tertiary/aromatic N) is 3. The van der Waals surface area contributed by atoms with E-state index in [-0.39, 0.29) is 5.97 Å². The van der Waals surface area contributed by atoms with Gasteiger partial charge in [-0.1, -0.05) is 35.1 Å². The molecule has 3 heterocycles. The first-order valence-corrected chi connectivity index (χ1v) is 11.1. The van der Waals surface area contributed by atoms with E-state index in [2.05, 4.69) is 30.6 Å². The van der Waals surface area contributed by atoms with Crippen LogP contribution in [0.25, 0.3) is 11.4 Å². The van der Waals surface area contributed by atoms with Gasteiger partial charge in [-0.05, 0) is 43.7 Å². The van der Waals surface area contributed by atoms with Gasteiger partial charge in [-0.25, -0.2) is 14.8 Å². The Morgan fingerprint density at radius 1 is 1.19 bits per heavy atom. The molecular weight excluding hydrogens is 448 g/mol. The van der Waals surface area contributed by atoms with Gasteiger partial charge in [0, 0.05) is 23.8 Å². The number of benzene rings is 1. The molecule has 10 heteroatoms. The van der Waals surface area contributed by atoms with Crippen molar-refractivity contribution in [3.05, 3.63) is 69.8 Å². The Morgan fingerprint density at radius 3 is 2.72 bits per heavy atom. The maximum Gasteiger partial charge on any atom is 0.350 e. The lowest BCUT2D eigenvalue weighted by Crippen LogP contribution is -2.05. The number of aromatic amines is 1. The number of aromatic nitrogens is 4. The fraction of sp³-hybridized carbons (Fsp3) is 0.182. The lowest BCUT2D eigenvalue weighted by molar-refractivity contribution is 0.0531. The van der Waals surface area contributed by atoms with Crippen LogP contribution in [0.4, 0.5) is 16.9 Å². The lowest BCUT2D eigenvalue weighted by Gasteiger charge is -2.10. The summed E-state index contributed by atoms with van der Waals surface area (Å²) in [4.78, 5) is 29.3. The molecule has 0 atom stereocenters. The van der Waals surface area contributed by atoms with E-state index in [4.69, 9.17) is 16.3 Å². The molecule has 4 rings (SSSR count). The number of carbonyl (C=O) groups is 1. The second kappa shape index (κ2) is 9.80. The summed E-state index contributed by atoms with van der Waals surface area (Å²) < 4.78 is 5.09. The highest BCUT2D eigenvalue weighted by atomic mass is 35.5. The standard InChI is InChI=1S/C22H21ClN6O2S/c1-3-31-20(30)19-13(2)26-22(32-19)29-21-27-17(16-5-4-10-24-16)11-18(28-21)25-12-14-6-8-15(23)9-7-14/h4-11,24H,3,12H2,1-2H3,(H2,25,26,27,28,29). The van der Waals surface area contributed by atoms with E-state index in [9.17, 15) is 4.79 Å². The molecule has 0 aliphatic heterocycles. The molecule has 0 unspecified atom stereocenters. The molecule has 3 aromatic heterocycles. The van der Waals surface area contributed by atoms with Crippen molar-refractivity contribution in [2.24, 2.45) is 0 Å². The van der Waals surface area contributed by atoms with Gasteiger partial charge >= 0.3 is 5.97 Å². The molecule has 32 heavy (non-hydrogen) atoms. The smallest absolute Gasteiger partial charge is 0.350 e. The predicted molar refractivity (Wildman–Crippen MR) is 127 cm³/mol. The Hall–Kier alpha value is -3.43. The minimum Gasteiger partial charge on any atom is -0.462 e. The molecule has 0 saturated heterocycles. The van der Waals surface area contributed by atoms with E-state index in [1.165, 1.54) is 11.3 Å². The minimum atomic E-state index is -0.387. The zero-order valence-corrected chi connectivity index (χ0v) is 19.0. The van der Waals surface area contributed by atoms with Gasteiger partial charge in [0.15, 0.2) is 5.13 Å². The van der Waals surface area contributed by atoms with Crippen molar-refractivity contribution in [3.63, 3.8) is 0 Å². The summed E-state index contributed by atoms with van der Waals surface area (Å²) in [6, 6.07) is 13.3. The summed E-state index contributed by atoms with van der Waals surface area (Å²) in [6.07, 6.45) is 1.83. The Morgan fingerprint density at radius 2 is 2.00 bits per heavy atom. The Labute approximate surface area is 194 Å². The number of carbonyl (C=O) groups excluding carboxylic acids is 1. The fourth-order valence-corrected chi connectivity index (χ4v) is 3.93. The Balaban J connectivity index is 1.59. The van der Waals surface area contributed by atoms with Crippen LogP contribution >= 0.6 is 22.9 Å². The summed E-state index contributed by atoms with van der Waals surface area (Å²) in [5.74, 6) is 0.614. The molecule has 0 spiro atoms. The van der Waals surface area contributed by atoms with Gasteiger partial charge in [0.1, 0.15) is 10.7 Å². The second-order valence-electron chi connectivity index (χ2n) is 6.80. The zero-order chi connectivity index (χ0) is 22.5. The van der Waals surface area contributed by atoms with Gasteiger partial charge < -0.3 is 15.0 Å². The third-order valence-corrected chi connectivity index (χ3v) is 5.77. The average molecular weight is 469 g/mol. The van der Waals surface area contributed by atoms with Gasteiger partial charge in [-0.2, -0.15) is 4.98 Å². The van der Waals surface area contributed by atoms with Crippen molar-refractivity contribution in [2.45, 2.75) is 20.4 Å². The van der Waals surface area contributed by atoms with Crippen molar-refractivity contribution in [1.29, 1.82) is 0 Å². The van der Waals surface area contributed by atoms with E-state index in [0.717, 1.165) is 11.3 Å². The second-order valence-corrected chi connectivity index (χ2v) is 8.24. The van der Waals surface area contributed by atoms with Crippen LogP contribution in [0.15, 0.2) is 48.7 Å². The van der Waals surface area contributed by atoms with Crippen LogP contribution in [-0.4, -0.2) is 32.5 Å². The maximum atomic E-state index is 12.1. The molecule has 0 fully saturated rings. The lowest BCUT2D eigenvalue weighted by atomic mass is 10.2. The first kappa shape index (κ1) is 21.8. The number of hydrogen-bond acceptors (Lipinski definition) is 8. The molecule has 164 valence electrons. The first-order valence-electron chi connectivity index (χ1n) is 9.94. The van der Waals surface area contributed by atoms with Crippen LogP contribution in [0.3, 0.4) is 0 Å². The molecule has 4 aromatic rings. The van der Waals surface area contributed by atoms with Crippen molar-refractivity contribution >= 4 is 45.8 Å². The monoisotopic (exact) mass is 468 g/mol. The highest BCUT2D eigenvalue weighted by molar-refractivity contribution is 7.17. The molecule has 8 nitrogen and oxygen atoms in total. The summed E-state index contributed by atoms with van der Waals surface area (Å²) in [7, 11) is 0. The molecule has 1 aromatic carbocycles. The van der Waals surface area contributed by atoms with E-state index < -0.39 is 0 Å². The van der Waals surface area contributed by atoms with Crippen LogP contribution in [0.5, 0.6) is 0 Å². The van der Waals surface area contributed by atoms with E-state index in [1.54, 1.807) is 13.8 Å². The van der Waals surface area contributed by atoms with Crippen molar-refractivity contribution in [3.8, 4) is 11.4 Å². The number of H-pyrrole nitrogens is 1. The number of halogens is 1. The minimum absolute atomic E-state index is 0.308. The first-order chi connectivity index (χ1) is 15.5. The Bertz CT molecular complexity index is 1210. The van der Waals surface area contributed by atoms with Crippen LogP contribution in [0, 0.1) is 6.92 Å². The molecule has 0 aliphatic rings. The van der Waals surface area contributed by atoms with E-state index >= 15 is 0 Å². The fourth-order valence-electron chi connectivity index (χ4n) is 2.95. The zero-order valence-electron chi connectivity index (χ0n) is 17.5. The highest BCUT2D eigenvalue weighted by Gasteiger charge is 2.17. The Kier molecular flexibility index (Phi) is 6.67. The number of esters is 1. The van der Waals surface area contributed by atoms with E-state index in [1.807, 2.05) is 48.7 Å². The number of rotatable bonds is 8. The van der Waals surface area contributed by atoms with Crippen molar-refractivity contribution in [2.75, 3.05) is 17.2 Å². The van der Waals surface area contributed by atoms with Crippen LogP contribution in [0.1, 0.15) is 27.9 Å². The summed E-state index contributed by atoms with van der Waals surface area (Å²) >= 11 is 7.17. The maximum absolute atomic E-state index is 12.1. The van der Waals surface area contributed by atoms with Crippen LogP contribution < -0.4 is 10.6 Å². The SMILES string of the molecule is CCOC(=O)c1sc(Nc2nc(NCc3ccc(Cl)cc3)cc(-c3ccc[nH]3)n2)nc1C. The number of anilines is 3. The number of aryl methyl sites for hydroxylation is 1. The number of hydrogen-bond donors (Lipinski definition) is 3. The molecule has 0 radical (unpaired) electrons. The molecule has 0 amide bonds. The summed E-state index contributed by atoms with van der Waals surface area (Å²) in [6.45, 7) is 4.42. The molecule has 0 saturated carbocycles. The van der Waals surface area contributed by atoms with Crippen molar-refractivity contribution in [1.82, 2.24) is 19.9 Å². The van der Waals surface area contributed by atoms with Crippen LogP contribution in [-0.2, 0) is 11.3 Å². The normalized spacial score (nSPS) is 10.7. The van der Waals surface area contributed by atoms with Crippen LogP contribution in [0.2, 0.25) is 5.02 Å². The highest BCUT2D eigenvalue weighted by Crippen LogP contribution is 2.27. The predicted octanol–water partition coefficient (Wildman–Crippen LogP) is 5.42. The number of nitrogens with one attached hydrogen (secondary N) is 3.